The van der Waals surface area contributed by atoms with E-state index in [4.69, 9.17) is 9.41 Å². The van der Waals surface area contributed by atoms with Gasteiger partial charge in [0.1, 0.15) is 11.6 Å². The van der Waals surface area contributed by atoms with Crippen molar-refractivity contribution < 1.29 is 13.9 Å². The van der Waals surface area contributed by atoms with Gasteiger partial charge < -0.3 is 20.2 Å². The first-order valence-electron chi connectivity index (χ1n) is 10.4. The molecule has 3 rings (SSSR count). The summed E-state index contributed by atoms with van der Waals surface area (Å²) in [6.45, 7) is 5.46. The van der Waals surface area contributed by atoms with E-state index in [0.29, 0.717) is 19.0 Å². The SMILES string of the molecule is CCNC(=NCC(c1ccco1)N1CCCCC1)NCC(O)c1ccccc1F.I. The largest absolute Gasteiger partial charge is 0.468 e. The Balaban J connectivity index is 0.00000320. The molecule has 30 heavy (non-hydrogen) atoms. The summed E-state index contributed by atoms with van der Waals surface area (Å²) in [6.07, 6.45) is 4.39. The van der Waals surface area contributed by atoms with Gasteiger partial charge in [-0.1, -0.05) is 24.6 Å². The Morgan fingerprint density at radius 1 is 1.17 bits per heavy atom. The van der Waals surface area contributed by atoms with E-state index >= 15 is 0 Å². The van der Waals surface area contributed by atoms with Crippen LogP contribution in [0.2, 0.25) is 0 Å². The molecule has 0 saturated carbocycles. The lowest BCUT2D eigenvalue weighted by Gasteiger charge is -2.32. The van der Waals surface area contributed by atoms with Crippen molar-refractivity contribution in [3.63, 3.8) is 0 Å². The molecule has 0 bridgehead atoms. The molecule has 0 radical (unpaired) electrons. The summed E-state index contributed by atoms with van der Waals surface area (Å²) in [6, 6.07) is 10.3. The number of halogens is 2. The van der Waals surface area contributed by atoms with Crippen molar-refractivity contribution in [2.24, 2.45) is 4.99 Å². The first-order chi connectivity index (χ1) is 14.2. The van der Waals surface area contributed by atoms with Gasteiger partial charge in [0.25, 0.3) is 0 Å². The third-order valence-electron chi connectivity index (χ3n) is 5.20. The average Bonchev–Trinajstić information content (AvgIpc) is 3.27. The number of aliphatic hydroxyl groups is 1. The maximum atomic E-state index is 13.9. The summed E-state index contributed by atoms with van der Waals surface area (Å²) in [7, 11) is 0. The number of guanidine groups is 1. The van der Waals surface area contributed by atoms with E-state index < -0.39 is 11.9 Å². The van der Waals surface area contributed by atoms with Gasteiger partial charge in [0.2, 0.25) is 0 Å². The molecule has 0 amide bonds. The predicted molar refractivity (Wildman–Crippen MR) is 128 cm³/mol. The fourth-order valence-corrected chi connectivity index (χ4v) is 3.66. The van der Waals surface area contributed by atoms with Gasteiger partial charge in [-0.25, -0.2) is 4.39 Å². The number of piperidine rings is 1. The highest BCUT2D eigenvalue weighted by Gasteiger charge is 2.24. The lowest BCUT2D eigenvalue weighted by Crippen LogP contribution is -2.41. The molecule has 1 aliphatic rings. The number of hydrogen-bond donors (Lipinski definition) is 3. The molecule has 1 aliphatic heterocycles. The van der Waals surface area contributed by atoms with Crippen LogP contribution >= 0.6 is 24.0 Å². The van der Waals surface area contributed by atoms with Gasteiger partial charge in [0.05, 0.1) is 25.0 Å². The van der Waals surface area contributed by atoms with Crippen molar-refractivity contribution in [1.82, 2.24) is 15.5 Å². The van der Waals surface area contributed by atoms with E-state index in [1.807, 2.05) is 19.1 Å². The smallest absolute Gasteiger partial charge is 0.191 e. The van der Waals surface area contributed by atoms with Gasteiger partial charge in [0.15, 0.2) is 5.96 Å². The third kappa shape index (κ3) is 6.95. The van der Waals surface area contributed by atoms with Gasteiger partial charge in [0, 0.05) is 18.7 Å². The molecule has 1 fully saturated rings. The number of aliphatic hydroxyl groups excluding tert-OH is 1. The number of nitrogens with zero attached hydrogens (tertiary/aromatic N) is 2. The van der Waals surface area contributed by atoms with Crippen molar-refractivity contribution in [2.75, 3.05) is 32.7 Å². The zero-order valence-corrected chi connectivity index (χ0v) is 19.7. The second-order valence-corrected chi connectivity index (χ2v) is 7.27. The number of likely N-dealkylation sites (tertiary alicyclic amines) is 1. The highest BCUT2D eigenvalue weighted by molar-refractivity contribution is 14.0. The van der Waals surface area contributed by atoms with Gasteiger partial charge in [-0.2, -0.15) is 0 Å². The Morgan fingerprint density at radius 3 is 2.60 bits per heavy atom. The van der Waals surface area contributed by atoms with Crippen molar-refractivity contribution in [1.29, 1.82) is 0 Å². The molecule has 166 valence electrons. The summed E-state index contributed by atoms with van der Waals surface area (Å²) in [5.74, 6) is 1.10. The second kappa shape index (κ2) is 12.9. The van der Waals surface area contributed by atoms with E-state index in [1.165, 1.54) is 25.3 Å². The Labute approximate surface area is 195 Å². The van der Waals surface area contributed by atoms with Gasteiger partial charge >= 0.3 is 0 Å². The minimum atomic E-state index is -0.956. The Hall–Kier alpha value is -1.65. The quantitative estimate of drug-likeness (QED) is 0.275. The number of benzene rings is 1. The first kappa shape index (κ1) is 24.6. The normalized spacial score (nSPS) is 17.1. The van der Waals surface area contributed by atoms with Crippen molar-refractivity contribution >= 4 is 29.9 Å². The lowest BCUT2D eigenvalue weighted by atomic mass is 10.1. The second-order valence-electron chi connectivity index (χ2n) is 7.27. The summed E-state index contributed by atoms with van der Waals surface area (Å²) in [4.78, 5) is 7.14. The maximum absolute atomic E-state index is 13.9. The predicted octanol–water partition coefficient (Wildman–Crippen LogP) is 3.85. The van der Waals surface area contributed by atoms with Gasteiger partial charge in [-0.3, -0.25) is 9.89 Å². The van der Waals surface area contributed by atoms with Crippen LogP contribution in [0.15, 0.2) is 52.1 Å². The fourth-order valence-electron chi connectivity index (χ4n) is 3.66. The van der Waals surface area contributed by atoms with Crippen LogP contribution in [0.3, 0.4) is 0 Å². The van der Waals surface area contributed by atoms with E-state index in [9.17, 15) is 9.50 Å². The van der Waals surface area contributed by atoms with Crippen LogP contribution in [0.1, 0.15) is 49.7 Å². The number of aliphatic imine (C=N–C) groups is 1. The van der Waals surface area contributed by atoms with E-state index in [0.717, 1.165) is 18.8 Å². The summed E-state index contributed by atoms with van der Waals surface area (Å²) >= 11 is 0. The van der Waals surface area contributed by atoms with E-state index in [1.54, 1.807) is 24.5 Å². The molecular weight excluding hydrogens is 498 g/mol. The van der Waals surface area contributed by atoms with Crippen molar-refractivity contribution in [3.8, 4) is 0 Å². The molecule has 1 saturated heterocycles. The van der Waals surface area contributed by atoms with E-state index in [-0.39, 0.29) is 42.1 Å². The number of nitrogens with one attached hydrogen (secondary N) is 2. The molecule has 2 heterocycles. The number of hydrogen-bond acceptors (Lipinski definition) is 4. The van der Waals surface area contributed by atoms with Gasteiger partial charge in [-0.05, 0) is 51.1 Å². The molecule has 1 aromatic heterocycles. The molecule has 0 aliphatic carbocycles. The zero-order chi connectivity index (χ0) is 20.5. The van der Waals surface area contributed by atoms with Crippen LogP contribution in [0.4, 0.5) is 4.39 Å². The molecule has 2 atom stereocenters. The summed E-state index contributed by atoms with van der Waals surface area (Å²) < 4.78 is 19.6. The minimum absolute atomic E-state index is 0. The average molecular weight is 530 g/mol. The highest BCUT2D eigenvalue weighted by atomic mass is 127. The standard InChI is InChI=1S/C22H31FN4O2.HI/c1-2-24-22(26-16-20(28)17-9-4-5-10-18(17)23)25-15-19(21-11-8-14-29-21)27-12-6-3-7-13-27;/h4-5,8-11,14,19-20,28H,2-3,6-7,12-13,15-16H2,1H3,(H2,24,25,26);1H. The molecule has 2 aromatic rings. The number of rotatable bonds is 8. The number of furan rings is 1. The first-order valence-corrected chi connectivity index (χ1v) is 10.4. The van der Waals surface area contributed by atoms with Crippen molar-refractivity contribution in [2.45, 2.75) is 38.3 Å². The van der Waals surface area contributed by atoms with Crippen LogP contribution in [-0.4, -0.2) is 48.7 Å². The van der Waals surface area contributed by atoms with Crippen LogP contribution in [-0.2, 0) is 0 Å². The summed E-state index contributed by atoms with van der Waals surface area (Å²) in [5.41, 5.74) is 0.276. The molecule has 6 nitrogen and oxygen atoms in total. The maximum Gasteiger partial charge on any atom is 0.191 e. The third-order valence-corrected chi connectivity index (χ3v) is 5.20. The fraction of sp³-hybridized carbons (Fsp3) is 0.500. The van der Waals surface area contributed by atoms with Crippen LogP contribution in [0.25, 0.3) is 0 Å². The van der Waals surface area contributed by atoms with Crippen molar-refractivity contribution in [3.05, 3.63) is 59.8 Å². The lowest BCUT2D eigenvalue weighted by molar-refractivity contribution is 0.150. The zero-order valence-electron chi connectivity index (χ0n) is 17.4. The van der Waals surface area contributed by atoms with Crippen LogP contribution < -0.4 is 10.6 Å². The molecule has 2 unspecified atom stereocenters. The van der Waals surface area contributed by atoms with Gasteiger partial charge in [-0.15, -0.1) is 24.0 Å². The van der Waals surface area contributed by atoms with E-state index in [2.05, 4.69) is 15.5 Å². The molecule has 0 spiro atoms. The Bertz CT molecular complexity index is 766. The highest BCUT2D eigenvalue weighted by Crippen LogP contribution is 2.25. The minimum Gasteiger partial charge on any atom is -0.468 e. The Morgan fingerprint density at radius 2 is 1.93 bits per heavy atom. The molecule has 3 N–H and O–H groups in total. The van der Waals surface area contributed by atoms with Crippen LogP contribution in [0.5, 0.6) is 0 Å². The topological polar surface area (TPSA) is 73.0 Å². The monoisotopic (exact) mass is 530 g/mol. The molecular formula is C22H32FIN4O2. The molecule has 8 heteroatoms. The summed E-state index contributed by atoms with van der Waals surface area (Å²) in [5, 5.41) is 16.7. The Kier molecular flexibility index (Phi) is 10.6. The molecule has 1 aromatic carbocycles. The van der Waals surface area contributed by atoms with Crippen LogP contribution in [0, 0.1) is 5.82 Å².